The molecule has 0 aromatic heterocycles. The average molecular weight is 816 g/mol. The molecule has 1 fully saturated rings. The van der Waals surface area contributed by atoms with Crippen molar-refractivity contribution in [2.45, 2.75) is 25.5 Å². The van der Waals surface area contributed by atoms with Crippen LogP contribution in [0.1, 0.15) is 39.1 Å². The van der Waals surface area contributed by atoms with E-state index >= 15 is 0 Å². The lowest BCUT2D eigenvalue weighted by atomic mass is 9.88. The minimum absolute atomic E-state index is 0.0741. The molecule has 6 aromatic rings. The Morgan fingerprint density at radius 1 is 0.639 bits per heavy atom. The van der Waals surface area contributed by atoms with Gasteiger partial charge in [-0.05, 0) is 76.6 Å². The lowest BCUT2D eigenvalue weighted by Crippen LogP contribution is -2.42. The number of rotatable bonds is 18. The first kappa shape index (κ1) is 42.5. The monoisotopic (exact) mass is 815 g/mol. The molecule has 0 bridgehead atoms. The van der Waals surface area contributed by atoms with Gasteiger partial charge >= 0.3 is 6.09 Å². The third-order valence-electron chi connectivity index (χ3n) is 10.9. The van der Waals surface area contributed by atoms with E-state index in [2.05, 4.69) is 68.6 Å². The Morgan fingerprint density at radius 2 is 1.28 bits per heavy atom. The Morgan fingerprint density at radius 3 is 2.00 bits per heavy atom. The fraction of sp³-hybridized carbons (Fsp3) is 0.235. The number of methoxy groups -OCH3 is 1. The van der Waals surface area contributed by atoms with Gasteiger partial charge in [-0.3, -0.25) is 14.9 Å². The zero-order chi connectivity index (χ0) is 42.2. The number of nitrogens with one attached hydrogen (secondary N) is 4. The fourth-order valence-corrected chi connectivity index (χ4v) is 7.63. The Hall–Kier alpha value is -6.59. The second kappa shape index (κ2) is 21.6. The van der Waals surface area contributed by atoms with Gasteiger partial charge in [0.05, 0.1) is 19.3 Å². The smallest absolute Gasteiger partial charge is 0.411 e. The number of carbonyl (C=O) groups is 3. The van der Waals surface area contributed by atoms with Crippen LogP contribution >= 0.6 is 0 Å². The first-order valence-electron chi connectivity index (χ1n) is 20.9. The molecule has 0 spiro atoms. The summed E-state index contributed by atoms with van der Waals surface area (Å²) in [6, 6.07) is 49.5. The Kier molecular flexibility index (Phi) is 15.1. The second-order valence-electron chi connectivity index (χ2n) is 15.0. The summed E-state index contributed by atoms with van der Waals surface area (Å²) in [7, 11) is 1.64. The van der Waals surface area contributed by atoms with Crippen molar-refractivity contribution in [1.82, 2.24) is 20.9 Å². The van der Waals surface area contributed by atoms with Crippen LogP contribution < -0.4 is 26.0 Å². The summed E-state index contributed by atoms with van der Waals surface area (Å²) in [5.41, 5.74) is 8.96. The molecule has 1 heterocycles. The largest absolute Gasteiger partial charge is 0.497 e. The van der Waals surface area contributed by atoms with Crippen LogP contribution in [0.2, 0.25) is 0 Å². The van der Waals surface area contributed by atoms with Crippen LogP contribution in [0.3, 0.4) is 0 Å². The Bertz CT molecular complexity index is 2360. The van der Waals surface area contributed by atoms with Crippen molar-refractivity contribution in [1.29, 1.82) is 0 Å². The van der Waals surface area contributed by atoms with Gasteiger partial charge in [-0.15, -0.1) is 0 Å². The van der Waals surface area contributed by atoms with Crippen molar-refractivity contribution in [2.24, 2.45) is 0 Å². The molecular weight excluding hydrogens is 763 g/mol. The number of carbonyl (C=O) groups excluding carboxylic acids is 3. The minimum atomic E-state index is -0.471. The minimum Gasteiger partial charge on any atom is -0.497 e. The molecule has 1 saturated heterocycles. The summed E-state index contributed by atoms with van der Waals surface area (Å²) in [6.07, 6.45) is 0.756. The number of ketones is 1. The van der Waals surface area contributed by atoms with E-state index < -0.39 is 6.09 Å². The number of piperidine rings is 1. The molecule has 0 unspecified atom stereocenters. The molecule has 10 nitrogen and oxygen atoms in total. The molecular formula is C51H53N5O5. The van der Waals surface area contributed by atoms with Gasteiger partial charge in [0, 0.05) is 62.5 Å². The SMILES string of the molecule is COc1ccc(CNCCNC(=O)c2cccc(C(=O)CNCCN3CCC(OC(=O)Nc4cccc(-c5ccccc5)c4-c4ccccc4-c4ccccc4)CC3)c2)cc1. The predicted molar refractivity (Wildman–Crippen MR) is 243 cm³/mol. The summed E-state index contributed by atoms with van der Waals surface area (Å²) in [4.78, 5) is 41.6. The quantitative estimate of drug-likeness (QED) is 0.0503. The van der Waals surface area contributed by atoms with E-state index in [1.54, 1.807) is 31.4 Å². The molecule has 1 aliphatic rings. The molecule has 4 N–H and O–H groups in total. The van der Waals surface area contributed by atoms with Crippen molar-refractivity contribution in [3.63, 3.8) is 0 Å². The standard InChI is InChI=1S/C51H53N5O5/c1-60-42-24-22-37(23-25-42)35-52-28-29-54-50(58)41-17-10-16-40(34-41)48(57)36-53-30-33-56-31-26-43(27-32-56)61-51(59)55-47-21-11-20-45(39-14-6-3-7-15-39)49(47)46-19-9-8-18-44(46)38-12-4-2-5-13-38/h2-25,34,43,52-53H,26-33,35-36H2,1H3,(H,54,58)(H,55,59). The number of ether oxygens (including phenoxy) is 2. The van der Waals surface area contributed by atoms with Crippen LogP contribution in [0.5, 0.6) is 5.75 Å². The van der Waals surface area contributed by atoms with E-state index in [4.69, 9.17) is 9.47 Å². The number of hydrogen-bond donors (Lipinski definition) is 4. The molecule has 6 aromatic carbocycles. The maximum absolute atomic E-state index is 13.5. The van der Waals surface area contributed by atoms with Gasteiger partial charge in [0.25, 0.3) is 5.91 Å². The van der Waals surface area contributed by atoms with Gasteiger partial charge in [-0.25, -0.2) is 4.79 Å². The molecule has 312 valence electrons. The van der Waals surface area contributed by atoms with Crippen molar-refractivity contribution in [3.05, 3.63) is 168 Å². The van der Waals surface area contributed by atoms with Crippen molar-refractivity contribution in [3.8, 4) is 39.1 Å². The number of benzene rings is 6. The summed E-state index contributed by atoms with van der Waals surface area (Å²) in [6.45, 7) is 4.87. The van der Waals surface area contributed by atoms with Crippen molar-refractivity contribution < 1.29 is 23.9 Å². The van der Waals surface area contributed by atoms with E-state index in [-0.39, 0.29) is 24.3 Å². The first-order chi connectivity index (χ1) is 29.9. The zero-order valence-corrected chi connectivity index (χ0v) is 34.6. The van der Waals surface area contributed by atoms with Crippen LogP contribution in [-0.2, 0) is 11.3 Å². The van der Waals surface area contributed by atoms with E-state index in [1.165, 1.54) is 0 Å². The number of amides is 2. The highest BCUT2D eigenvalue weighted by molar-refractivity contribution is 6.02. The molecule has 10 heteroatoms. The van der Waals surface area contributed by atoms with Gasteiger partial charge in [0.2, 0.25) is 0 Å². The Balaban J connectivity index is 0.851. The van der Waals surface area contributed by atoms with Crippen LogP contribution in [0.4, 0.5) is 10.5 Å². The van der Waals surface area contributed by atoms with Crippen molar-refractivity contribution in [2.75, 3.05) is 58.2 Å². The van der Waals surface area contributed by atoms with Gasteiger partial charge in [-0.2, -0.15) is 0 Å². The average Bonchev–Trinajstić information content (AvgIpc) is 3.31. The fourth-order valence-electron chi connectivity index (χ4n) is 7.63. The Labute approximate surface area is 358 Å². The van der Waals surface area contributed by atoms with E-state index in [0.29, 0.717) is 55.8 Å². The second-order valence-corrected chi connectivity index (χ2v) is 15.0. The van der Waals surface area contributed by atoms with Crippen LogP contribution in [0.15, 0.2) is 152 Å². The normalized spacial score (nSPS) is 13.0. The van der Waals surface area contributed by atoms with Gasteiger partial charge in [-0.1, -0.05) is 121 Å². The topological polar surface area (TPSA) is 121 Å². The third-order valence-corrected chi connectivity index (χ3v) is 10.9. The summed E-state index contributed by atoms with van der Waals surface area (Å²) < 4.78 is 11.2. The number of hydrogen-bond acceptors (Lipinski definition) is 8. The van der Waals surface area contributed by atoms with Gasteiger partial charge < -0.3 is 30.3 Å². The van der Waals surface area contributed by atoms with Crippen LogP contribution in [-0.4, -0.2) is 81.7 Å². The highest BCUT2D eigenvalue weighted by Crippen LogP contribution is 2.42. The molecule has 0 aliphatic carbocycles. The molecule has 0 saturated carbocycles. The highest BCUT2D eigenvalue weighted by atomic mass is 16.6. The number of anilines is 1. The van der Waals surface area contributed by atoms with E-state index in [1.807, 2.05) is 84.9 Å². The molecule has 2 amide bonds. The lowest BCUT2D eigenvalue weighted by Gasteiger charge is -2.31. The number of nitrogens with zero attached hydrogens (tertiary/aromatic N) is 1. The van der Waals surface area contributed by atoms with E-state index in [9.17, 15) is 14.4 Å². The van der Waals surface area contributed by atoms with Crippen LogP contribution in [0, 0.1) is 0 Å². The maximum Gasteiger partial charge on any atom is 0.411 e. The number of Topliss-reactive ketones (excluding diaryl/α,β-unsaturated/α-hetero) is 1. The van der Waals surface area contributed by atoms with Gasteiger partial charge in [0.15, 0.2) is 5.78 Å². The molecule has 0 radical (unpaired) electrons. The first-order valence-corrected chi connectivity index (χ1v) is 20.9. The highest BCUT2D eigenvalue weighted by Gasteiger charge is 2.24. The molecule has 0 atom stereocenters. The number of likely N-dealkylation sites (tertiary alicyclic amines) is 1. The lowest BCUT2D eigenvalue weighted by molar-refractivity contribution is 0.0593. The summed E-state index contributed by atoms with van der Waals surface area (Å²) in [5, 5.41) is 12.6. The van der Waals surface area contributed by atoms with Crippen molar-refractivity contribution >= 4 is 23.5 Å². The maximum atomic E-state index is 13.5. The van der Waals surface area contributed by atoms with E-state index in [0.717, 1.165) is 64.3 Å². The summed E-state index contributed by atoms with van der Waals surface area (Å²) >= 11 is 0. The van der Waals surface area contributed by atoms with Crippen LogP contribution in [0.25, 0.3) is 33.4 Å². The third kappa shape index (κ3) is 11.8. The molecule has 61 heavy (non-hydrogen) atoms. The molecule has 1 aliphatic heterocycles. The predicted octanol–water partition coefficient (Wildman–Crippen LogP) is 8.70. The van der Waals surface area contributed by atoms with Gasteiger partial charge in [0.1, 0.15) is 11.9 Å². The molecule has 7 rings (SSSR count). The zero-order valence-electron chi connectivity index (χ0n) is 34.6. The summed E-state index contributed by atoms with van der Waals surface area (Å²) in [5.74, 6) is 0.523.